The molecule has 0 bridgehead atoms. The van der Waals surface area contributed by atoms with Gasteiger partial charge in [0, 0.05) is 17.2 Å². The van der Waals surface area contributed by atoms with Gasteiger partial charge in [-0.1, -0.05) is 12.1 Å². The molecule has 0 spiro atoms. The van der Waals surface area contributed by atoms with Crippen molar-refractivity contribution in [2.24, 2.45) is 0 Å². The summed E-state index contributed by atoms with van der Waals surface area (Å²) < 4.78 is 41.0. The van der Waals surface area contributed by atoms with Crippen molar-refractivity contribution < 1.29 is 17.9 Å². The highest BCUT2D eigenvalue weighted by Crippen LogP contribution is 2.23. The molecule has 0 aliphatic rings. The molecule has 0 radical (unpaired) electrons. The second kappa shape index (κ2) is 6.13. The molecule has 7 heteroatoms. The number of ether oxygens (including phenoxy) is 1. The van der Waals surface area contributed by atoms with Gasteiger partial charge >= 0.3 is 6.36 Å². The van der Waals surface area contributed by atoms with Gasteiger partial charge in [0.15, 0.2) is 0 Å². The molecule has 1 aromatic carbocycles. The van der Waals surface area contributed by atoms with Gasteiger partial charge in [-0.2, -0.15) is 0 Å². The third-order valence-corrected chi connectivity index (χ3v) is 2.80. The highest BCUT2D eigenvalue weighted by Gasteiger charge is 2.31. The number of hydrogen-bond donors (Lipinski definition) is 1. The zero-order valence-electron chi connectivity index (χ0n) is 10.1. The number of nitrogens with zero attached hydrogens (tertiary/aromatic N) is 1. The Kier molecular flexibility index (Phi) is 4.49. The number of pyridine rings is 1. The lowest BCUT2D eigenvalue weighted by Gasteiger charge is -2.10. The molecule has 1 aromatic heterocycles. The van der Waals surface area contributed by atoms with Crippen LogP contribution in [0.3, 0.4) is 0 Å². The van der Waals surface area contributed by atoms with E-state index in [1.807, 2.05) is 6.07 Å². The maximum Gasteiger partial charge on any atom is 0.573 e. The van der Waals surface area contributed by atoms with Crippen molar-refractivity contribution in [3.63, 3.8) is 0 Å². The topological polar surface area (TPSA) is 34.1 Å². The first-order valence-corrected chi connectivity index (χ1v) is 6.42. The van der Waals surface area contributed by atoms with Gasteiger partial charge in [0.1, 0.15) is 11.6 Å². The summed E-state index contributed by atoms with van der Waals surface area (Å²) in [6.45, 7) is 0.351. The van der Waals surface area contributed by atoms with Crippen molar-refractivity contribution in [2.45, 2.75) is 12.9 Å². The summed E-state index contributed by atoms with van der Waals surface area (Å²) >= 11 is 3.27. The minimum Gasteiger partial charge on any atom is -0.406 e. The van der Waals surface area contributed by atoms with Crippen LogP contribution in [-0.2, 0) is 6.54 Å². The van der Waals surface area contributed by atoms with Gasteiger partial charge in [-0.25, -0.2) is 4.98 Å². The summed E-state index contributed by atoms with van der Waals surface area (Å²) in [5, 5.41) is 3.01. The molecule has 1 heterocycles. The Balaban J connectivity index is 1.99. The summed E-state index contributed by atoms with van der Waals surface area (Å²) in [4.78, 5) is 4.11. The third kappa shape index (κ3) is 4.73. The Morgan fingerprint density at radius 1 is 1.20 bits per heavy atom. The van der Waals surface area contributed by atoms with Crippen LogP contribution < -0.4 is 10.1 Å². The maximum atomic E-state index is 12.1. The molecule has 106 valence electrons. The number of rotatable bonds is 4. The van der Waals surface area contributed by atoms with Gasteiger partial charge < -0.3 is 10.1 Å². The van der Waals surface area contributed by atoms with E-state index < -0.39 is 6.36 Å². The highest BCUT2D eigenvalue weighted by molar-refractivity contribution is 9.10. The number of nitrogens with one attached hydrogen (secondary N) is 1. The molecule has 0 atom stereocenters. The van der Waals surface area contributed by atoms with Crippen molar-refractivity contribution >= 4 is 21.7 Å². The quantitative estimate of drug-likeness (QED) is 0.893. The summed E-state index contributed by atoms with van der Waals surface area (Å²) in [6.07, 6.45) is -3.05. The fraction of sp³-hybridized carbons (Fsp3) is 0.154. The van der Waals surface area contributed by atoms with Crippen LogP contribution in [-0.4, -0.2) is 11.3 Å². The average molecular weight is 347 g/mol. The molecule has 3 nitrogen and oxygen atoms in total. The van der Waals surface area contributed by atoms with E-state index in [-0.39, 0.29) is 5.75 Å². The predicted molar refractivity (Wildman–Crippen MR) is 72.4 cm³/mol. The van der Waals surface area contributed by atoms with Gasteiger partial charge in [0.2, 0.25) is 0 Å². The molecule has 0 aliphatic carbocycles. The van der Waals surface area contributed by atoms with Crippen molar-refractivity contribution in [3.8, 4) is 5.75 Å². The Bertz CT molecular complexity index is 573. The van der Waals surface area contributed by atoms with E-state index in [1.54, 1.807) is 18.3 Å². The number of hydrogen-bond acceptors (Lipinski definition) is 3. The number of anilines is 1. The SMILES string of the molecule is FC(F)(F)Oc1cccc(CNc2ccc(Br)cn2)c1. The Labute approximate surface area is 121 Å². The molecule has 2 rings (SSSR count). The molecule has 20 heavy (non-hydrogen) atoms. The zero-order valence-corrected chi connectivity index (χ0v) is 11.7. The first kappa shape index (κ1) is 14.6. The van der Waals surface area contributed by atoms with Crippen molar-refractivity contribution in [1.29, 1.82) is 0 Å². The van der Waals surface area contributed by atoms with Gasteiger partial charge in [-0.05, 0) is 45.8 Å². The zero-order chi connectivity index (χ0) is 14.6. The van der Waals surface area contributed by atoms with Crippen LogP contribution in [0.5, 0.6) is 5.75 Å². The van der Waals surface area contributed by atoms with E-state index in [9.17, 15) is 13.2 Å². The fourth-order valence-corrected chi connectivity index (χ4v) is 1.76. The Hall–Kier alpha value is -1.76. The molecule has 0 saturated heterocycles. The molecule has 0 unspecified atom stereocenters. The minimum absolute atomic E-state index is 0.236. The van der Waals surface area contributed by atoms with Gasteiger partial charge in [-0.15, -0.1) is 13.2 Å². The van der Waals surface area contributed by atoms with E-state index >= 15 is 0 Å². The lowest BCUT2D eigenvalue weighted by atomic mass is 10.2. The van der Waals surface area contributed by atoms with Crippen LogP contribution in [0.1, 0.15) is 5.56 Å². The summed E-state index contributed by atoms with van der Waals surface area (Å²) in [5.41, 5.74) is 0.663. The predicted octanol–water partition coefficient (Wildman–Crippen LogP) is 4.35. The minimum atomic E-state index is -4.68. The lowest BCUT2D eigenvalue weighted by molar-refractivity contribution is -0.274. The van der Waals surface area contributed by atoms with Crippen LogP contribution in [0.4, 0.5) is 19.0 Å². The second-order valence-electron chi connectivity index (χ2n) is 3.91. The van der Waals surface area contributed by atoms with Gasteiger partial charge in [0.05, 0.1) is 0 Å². The Morgan fingerprint density at radius 2 is 2.00 bits per heavy atom. The number of benzene rings is 1. The molecule has 1 N–H and O–H groups in total. The molecule has 2 aromatic rings. The lowest BCUT2D eigenvalue weighted by Crippen LogP contribution is -2.17. The fourth-order valence-electron chi connectivity index (χ4n) is 1.53. The largest absolute Gasteiger partial charge is 0.573 e. The smallest absolute Gasteiger partial charge is 0.406 e. The van der Waals surface area contributed by atoms with E-state index in [2.05, 4.69) is 31.0 Å². The standard InChI is InChI=1S/C13H10BrF3N2O/c14-10-4-5-12(19-8-10)18-7-9-2-1-3-11(6-9)20-13(15,16)17/h1-6,8H,7H2,(H,18,19). The summed E-state index contributed by atoms with van der Waals surface area (Å²) in [5.74, 6) is 0.399. The summed E-state index contributed by atoms with van der Waals surface area (Å²) in [7, 11) is 0. The van der Waals surface area contributed by atoms with Crippen LogP contribution in [0.2, 0.25) is 0 Å². The molecule has 0 fully saturated rings. The van der Waals surface area contributed by atoms with E-state index in [1.165, 1.54) is 18.2 Å². The molecule has 0 aliphatic heterocycles. The van der Waals surface area contributed by atoms with Gasteiger partial charge in [0.25, 0.3) is 0 Å². The number of aromatic nitrogens is 1. The maximum absolute atomic E-state index is 12.1. The number of alkyl halides is 3. The van der Waals surface area contributed by atoms with E-state index in [0.29, 0.717) is 17.9 Å². The second-order valence-corrected chi connectivity index (χ2v) is 4.83. The normalized spacial score (nSPS) is 11.2. The Morgan fingerprint density at radius 3 is 2.65 bits per heavy atom. The van der Waals surface area contributed by atoms with Crippen LogP contribution in [0.15, 0.2) is 47.1 Å². The highest BCUT2D eigenvalue weighted by atomic mass is 79.9. The average Bonchev–Trinajstić information content (AvgIpc) is 2.36. The first-order chi connectivity index (χ1) is 9.42. The third-order valence-electron chi connectivity index (χ3n) is 2.33. The van der Waals surface area contributed by atoms with Crippen LogP contribution >= 0.6 is 15.9 Å². The van der Waals surface area contributed by atoms with Crippen molar-refractivity contribution in [2.75, 3.05) is 5.32 Å². The first-order valence-electron chi connectivity index (χ1n) is 5.62. The molecular weight excluding hydrogens is 337 g/mol. The van der Waals surface area contributed by atoms with E-state index in [0.717, 1.165) is 4.47 Å². The molecule has 0 saturated carbocycles. The van der Waals surface area contributed by atoms with Crippen molar-refractivity contribution in [3.05, 3.63) is 52.6 Å². The van der Waals surface area contributed by atoms with Crippen LogP contribution in [0, 0.1) is 0 Å². The number of halogens is 4. The van der Waals surface area contributed by atoms with E-state index in [4.69, 9.17) is 0 Å². The van der Waals surface area contributed by atoms with Crippen molar-refractivity contribution in [1.82, 2.24) is 4.98 Å². The van der Waals surface area contributed by atoms with Gasteiger partial charge in [-0.3, -0.25) is 0 Å². The molecular formula is C13H10BrF3N2O. The molecule has 0 amide bonds. The summed E-state index contributed by atoms with van der Waals surface area (Å²) in [6, 6.07) is 9.38. The monoisotopic (exact) mass is 346 g/mol. The van der Waals surface area contributed by atoms with Crippen LogP contribution in [0.25, 0.3) is 0 Å².